The lowest BCUT2D eigenvalue weighted by molar-refractivity contribution is -0.123. The van der Waals surface area contributed by atoms with Crippen LogP contribution in [-0.4, -0.2) is 36.1 Å². The van der Waals surface area contributed by atoms with Gasteiger partial charge in [-0.3, -0.25) is 9.59 Å². The molecule has 2 heterocycles. The molecule has 0 fully saturated rings. The SMILES string of the molecule is CC[C@H]1Oc2ccc(S(=O)(=O)NC(=O)c3ccnn3C(F)F)cc2NC1=O. The van der Waals surface area contributed by atoms with Gasteiger partial charge in [0, 0.05) is 6.20 Å². The molecule has 0 saturated carbocycles. The quantitative estimate of drug-likeness (QED) is 0.785. The number of nitrogens with zero attached hydrogens (tertiary/aromatic N) is 2. The fourth-order valence-corrected chi connectivity index (χ4v) is 3.43. The molecule has 0 bridgehead atoms. The summed E-state index contributed by atoms with van der Waals surface area (Å²) in [5, 5.41) is 5.79. The largest absolute Gasteiger partial charge is 0.478 e. The van der Waals surface area contributed by atoms with Crippen molar-refractivity contribution in [1.29, 1.82) is 0 Å². The van der Waals surface area contributed by atoms with E-state index in [9.17, 15) is 26.8 Å². The zero-order valence-electron chi connectivity index (χ0n) is 13.8. The van der Waals surface area contributed by atoms with Gasteiger partial charge in [-0.15, -0.1) is 0 Å². The van der Waals surface area contributed by atoms with E-state index in [0.29, 0.717) is 6.42 Å². The number of amides is 2. The number of halogens is 2. The lowest BCUT2D eigenvalue weighted by atomic mass is 10.2. The van der Waals surface area contributed by atoms with E-state index in [2.05, 4.69) is 10.4 Å². The van der Waals surface area contributed by atoms with E-state index in [0.717, 1.165) is 18.3 Å². The van der Waals surface area contributed by atoms with Crippen LogP contribution in [0.2, 0.25) is 0 Å². The molecule has 27 heavy (non-hydrogen) atoms. The summed E-state index contributed by atoms with van der Waals surface area (Å²) in [7, 11) is -4.39. The van der Waals surface area contributed by atoms with Crippen molar-refractivity contribution in [3.05, 3.63) is 36.2 Å². The summed E-state index contributed by atoms with van der Waals surface area (Å²) in [5.74, 6) is -1.41. The zero-order valence-corrected chi connectivity index (χ0v) is 14.7. The number of carbonyl (C=O) groups is 2. The van der Waals surface area contributed by atoms with Crippen LogP contribution in [0.15, 0.2) is 35.4 Å². The summed E-state index contributed by atoms with van der Waals surface area (Å²) in [6, 6.07) is 4.57. The highest BCUT2D eigenvalue weighted by Gasteiger charge is 2.29. The molecule has 1 aliphatic rings. The fraction of sp³-hybridized carbons (Fsp3) is 0.267. The lowest BCUT2D eigenvalue weighted by Gasteiger charge is -2.25. The molecule has 0 spiro atoms. The van der Waals surface area contributed by atoms with Crippen LogP contribution in [0, 0.1) is 0 Å². The number of rotatable bonds is 5. The van der Waals surface area contributed by atoms with Crippen LogP contribution in [0.1, 0.15) is 30.4 Å². The van der Waals surface area contributed by atoms with Crippen LogP contribution in [0.25, 0.3) is 0 Å². The maximum Gasteiger partial charge on any atom is 0.333 e. The number of anilines is 1. The Morgan fingerprint density at radius 1 is 1.41 bits per heavy atom. The standard InChI is InChI=1S/C15H14F2N4O5S/c1-2-11-14(23)19-9-7-8(3-4-12(9)26-11)27(24,25)20-13(22)10-5-6-18-21(10)15(16)17/h3-7,11,15H,2H2,1H3,(H,19,23)(H,20,22)/t11-/m1/s1. The number of nitrogens with one attached hydrogen (secondary N) is 2. The fourth-order valence-electron chi connectivity index (χ4n) is 2.45. The summed E-state index contributed by atoms with van der Waals surface area (Å²) in [6.07, 6.45) is 0.692. The Bertz CT molecular complexity index is 1010. The van der Waals surface area contributed by atoms with Gasteiger partial charge in [0.2, 0.25) is 0 Å². The number of carbonyl (C=O) groups excluding carboxylic acids is 2. The van der Waals surface area contributed by atoms with Crippen LogP contribution >= 0.6 is 0 Å². The molecule has 144 valence electrons. The van der Waals surface area contributed by atoms with Crippen LogP contribution in [0.5, 0.6) is 5.75 Å². The van der Waals surface area contributed by atoms with E-state index in [1.807, 2.05) is 0 Å². The Kier molecular flexibility index (Phi) is 4.83. The predicted octanol–water partition coefficient (Wildman–Crippen LogP) is 1.51. The number of benzene rings is 1. The first-order valence-electron chi connectivity index (χ1n) is 7.73. The molecule has 0 saturated heterocycles. The van der Waals surface area contributed by atoms with Crippen molar-refractivity contribution in [2.24, 2.45) is 0 Å². The summed E-state index contributed by atoms with van der Waals surface area (Å²) in [5.41, 5.74) is -0.494. The van der Waals surface area contributed by atoms with Crippen molar-refractivity contribution in [3.8, 4) is 5.75 Å². The Morgan fingerprint density at radius 2 is 2.15 bits per heavy atom. The highest BCUT2D eigenvalue weighted by molar-refractivity contribution is 7.90. The lowest BCUT2D eigenvalue weighted by Crippen LogP contribution is -2.36. The minimum atomic E-state index is -4.39. The second-order valence-electron chi connectivity index (χ2n) is 5.54. The Labute approximate surface area is 152 Å². The molecule has 1 atom stereocenters. The molecule has 0 unspecified atom stereocenters. The zero-order chi connectivity index (χ0) is 19.8. The number of fused-ring (bicyclic) bond motifs is 1. The third-order valence-electron chi connectivity index (χ3n) is 3.77. The van der Waals surface area contributed by atoms with Gasteiger partial charge in [0.15, 0.2) is 6.10 Å². The van der Waals surface area contributed by atoms with Gasteiger partial charge in [-0.2, -0.15) is 18.6 Å². The van der Waals surface area contributed by atoms with E-state index in [1.54, 1.807) is 11.6 Å². The minimum Gasteiger partial charge on any atom is -0.478 e. The highest BCUT2D eigenvalue weighted by Crippen LogP contribution is 2.32. The van der Waals surface area contributed by atoms with Gasteiger partial charge >= 0.3 is 6.55 Å². The van der Waals surface area contributed by atoms with E-state index in [1.165, 1.54) is 12.1 Å². The van der Waals surface area contributed by atoms with Gasteiger partial charge in [-0.25, -0.2) is 13.1 Å². The number of aromatic nitrogens is 2. The Hall–Kier alpha value is -3.02. The second-order valence-corrected chi connectivity index (χ2v) is 7.22. The number of hydrogen-bond donors (Lipinski definition) is 2. The summed E-state index contributed by atoms with van der Waals surface area (Å²) >= 11 is 0. The normalized spacial score (nSPS) is 16.4. The molecule has 12 heteroatoms. The molecule has 2 amide bonds. The van der Waals surface area contributed by atoms with Crippen LogP contribution in [-0.2, 0) is 14.8 Å². The summed E-state index contributed by atoms with van der Waals surface area (Å²) in [6.45, 7) is -1.35. The first kappa shape index (κ1) is 18.8. The Morgan fingerprint density at radius 3 is 2.81 bits per heavy atom. The van der Waals surface area contributed by atoms with E-state index in [4.69, 9.17) is 4.74 Å². The van der Waals surface area contributed by atoms with Gasteiger partial charge in [-0.1, -0.05) is 6.92 Å². The average molecular weight is 400 g/mol. The first-order valence-corrected chi connectivity index (χ1v) is 9.21. The summed E-state index contributed by atoms with van der Waals surface area (Å²) in [4.78, 5) is 23.6. The first-order chi connectivity index (χ1) is 12.7. The van der Waals surface area contributed by atoms with Gasteiger partial charge in [0.1, 0.15) is 11.4 Å². The monoisotopic (exact) mass is 400 g/mol. The maximum absolute atomic E-state index is 12.8. The van der Waals surface area contributed by atoms with Crippen molar-refractivity contribution < 1.29 is 31.5 Å². The van der Waals surface area contributed by atoms with Gasteiger partial charge in [0.05, 0.1) is 10.6 Å². The molecular weight excluding hydrogens is 386 g/mol. The number of sulfonamides is 1. The average Bonchev–Trinajstić information content (AvgIpc) is 3.10. The summed E-state index contributed by atoms with van der Waals surface area (Å²) < 4.78 is 57.6. The van der Waals surface area contributed by atoms with E-state index in [-0.39, 0.29) is 21.0 Å². The minimum absolute atomic E-state index is 0.0939. The van der Waals surface area contributed by atoms with Crippen molar-refractivity contribution in [2.75, 3.05) is 5.32 Å². The van der Waals surface area contributed by atoms with Gasteiger partial charge in [0.25, 0.3) is 21.8 Å². The number of ether oxygens (including phenoxy) is 1. The van der Waals surface area contributed by atoms with Crippen LogP contribution in [0.3, 0.4) is 0 Å². The molecule has 1 aromatic carbocycles. The maximum atomic E-state index is 12.8. The van der Waals surface area contributed by atoms with Crippen molar-refractivity contribution in [2.45, 2.75) is 30.9 Å². The molecule has 1 aliphatic heterocycles. The van der Waals surface area contributed by atoms with Crippen LogP contribution < -0.4 is 14.8 Å². The molecule has 9 nitrogen and oxygen atoms in total. The van der Waals surface area contributed by atoms with E-state index < -0.39 is 40.2 Å². The smallest absolute Gasteiger partial charge is 0.333 e. The third-order valence-corrected chi connectivity index (χ3v) is 5.10. The predicted molar refractivity (Wildman–Crippen MR) is 87.9 cm³/mol. The van der Waals surface area contributed by atoms with Gasteiger partial charge in [-0.05, 0) is 30.7 Å². The van der Waals surface area contributed by atoms with Crippen molar-refractivity contribution in [1.82, 2.24) is 14.5 Å². The van der Waals surface area contributed by atoms with E-state index >= 15 is 0 Å². The van der Waals surface area contributed by atoms with Crippen LogP contribution in [0.4, 0.5) is 14.5 Å². The number of hydrogen-bond acceptors (Lipinski definition) is 6. The third kappa shape index (κ3) is 3.60. The Balaban J connectivity index is 1.86. The molecule has 1 aromatic heterocycles. The molecule has 2 N–H and O–H groups in total. The molecule has 0 radical (unpaired) electrons. The number of alkyl halides is 2. The highest BCUT2D eigenvalue weighted by atomic mass is 32.2. The second kappa shape index (κ2) is 6.95. The van der Waals surface area contributed by atoms with Gasteiger partial charge < -0.3 is 10.1 Å². The topological polar surface area (TPSA) is 119 Å². The molecule has 2 aromatic rings. The van der Waals surface area contributed by atoms with Crippen molar-refractivity contribution >= 4 is 27.5 Å². The molecule has 3 rings (SSSR count). The molecular formula is C15H14F2N4O5S. The van der Waals surface area contributed by atoms with Crippen molar-refractivity contribution in [3.63, 3.8) is 0 Å². The molecule has 0 aliphatic carbocycles.